The Bertz CT molecular complexity index is 452. The number of nitrogen functional groups attached to an aromatic ring is 1. The van der Waals surface area contributed by atoms with Gasteiger partial charge in [0.25, 0.3) is 0 Å². The van der Waals surface area contributed by atoms with E-state index in [1.165, 1.54) is 12.8 Å². The minimum atomic E-state index is 0.456. The Hall–Kier alpha value is -1.74. The maximum atomic E-state index is 9.14. The van der Waals surface area contributed by atoms with Crippen molar-refractivity contribution in [3.05, 3.63) is 5.56 Å². The zero-order valence-corrected chi connectivity index (χ0v) is 11.0. The molecule has 1 fully saturated rings. The van der Waals surface area contributed by atoms with E-state index in [0.29, 0.717) is 23.7 Å². The highest BCUT2D eigenvalue weighted by molar-refractivity contribution is 5.63. The lowest BCUT2D eigenvalue weighted by molar-refractivity contribution is 0.375. The summed E-state index contributed by atoms with van der Waals surface area (Å²) >= 11 is 0. The van der Waals surface area contributed by atoms with E-state index in [1.807, 2.05) is 14.1 Å². The van der Waals surface area contributed by atoms with Crippen LogP contribution in [0.25, 0.3) is 0 Å². The van der Waals surface area contributed by atoms with Crippen LogP contribution in [0.4, 0.5) is 11.6 Å². The second kappa shape index (κ2) is 5.27. The van der Waals surface area contributed by atoms with Gasteiger partial charge in [-0.15, -0.1) is 0 Å². The molecule has 0 aromatic carbocycles. The standard InChI is InChI=1S/C12H20N6/c1-17(2)5-6-18-11(14)10(7-13)12(16-18)15-8-9-3-4-9/h9H,3-6,8,14H2,1-2H3,(H,15,16). The molecule has 0 bridgehead atoms. The van der Waals surface area contributed by atoms with E-state index in [9.17, 15) is 0 Å². The van der Waals surface area contributed by atoms with E-state index in [1.54, 1.807) is 4.68 Å². The molecular weight excluding hydrogens is 228 g/mol. The Morgan fingerprint density at radius 1 is 1.56 bits per heavy atom. The predicted octanol–water partition coefficient (Wildman–Crippen LogP) is 0.720. The molecule has 1 aliphatic rings. The van der Waals surface area contributed by atoms with Crippen LogP contribution in [-0.2, 0) is 6.54 Å². The smallest absolute Gasteiger partial charge is 0.168 e. The molecule has 1 aliphatic carbocycles. The van der Waals surface area contributed by atoms with Crippen LogP contribution in [0.1, 0.15) is 18.4 Å². The number of hydrogen-bond donors (Lipinski definition) is 2. The molecule has 6 heteroatoms. The molecule has 2 rings (SSSR count). The Kier molecular flexibility index (Phi) is 3.72. The summed E-state index contributed by atoms with van der Waals surface area (Å²) < 4.78 is 1.70. The van der Waals surface area contributed by atoms with Crippen molar-refractivity contribution >= 4 is 11.6 Å². The number of nitriles is 1. The lowest BCUT2D eigenvalue weighted by Gasteiger charge is -2.09. The third kappa shape index (κ3) is 2.93. The summed E-state index contributed by atoms with van der Waals surface area (Å²) in [6.07, 6.45) is 2.54. The summed E-state index contributed by atoms with van der Waals surface area (Å²) in [5.74, 6) is 1.82. The average Bonchev–Trinajstić information content (AvgIpc) is 3.10. The monoisotopic (exact) mass is 248 g/mol. The van der Waals surface area contributed by atoms with Crippen molar-refractivity contribution in [1.29, 1.82) is 5.26 Å². The molecule has 6 nitrogen and oxygen atoms in total. The predicted molar refractivity (Wildman–Crippen MR) is 71.1 cm³/mol. The Labute approximate surface area is 107 Å². The molecule has 0 unspecified atom stereocenters. The van der Waals surface area contributed by atoms with Gasteiger partial charge in [-0.2, -0.15) is 10.4 Å². The third-order valence-electron chi connectivity index (χ3n) is 3.12. The average molecular weight is 248 g/mol. The molecule has 1 saturated carbocycles. The molecule has 1 aromatic heterocycles. The molecule has 0 saturated heterocycles. The maximum absolute atomic E-state index is 9.14. The van der Waals surface area contributed by atoms with E-state index >= 15 is 0 Å². The fourth-order valence-corrected chi connectivity index (χ4v) is 1.74. The summed E-state index contributed by atoms with van der Waals surface area (Å²) in [7, 11) is 3.99. The highest BCUT2D eigenvalue weighted by Crippen LogP contribution is 2.29. The van der Waals surface area contributed by atoms with Crippen molar-refractivity contribution in [2.75, 3.05) is 38.2 Å². The lowest BCUT2D eigenvalue weighted by atomic mass is 10.3. The van der Waals surface area contributed by atoms with Crippen molar-refractivity contribution in [3.8, 4) is 6.07 Å². The van der Waals surface area contributed by atoms with Gasteiger partial charge in [-0.3, -0.25) is 0 Å². The number of nitrogens with two attached hydrogens (primary N) is 1. The molecule has 0 aliphatic heterocycles. The SMILES string of the molecule is CN(C)CCn1nc(NCC2CC2)c(C#N)c1N. The molecule has 1 aromatic rings. The molecule has 1 heterocycles. The van der Waals surface area contributed by atoms with E-state index in [2.05, 4.69) is 21.4 Å². The minimum absolute atomic E-state index is 0.456. The Balaban J connectivity index is 2.07. The molecule has 0 spiro atoms. The molecule has 0 atom stereocenters. The first-order valence-corrected chi connectivity index (χ1v) is 6.26. The van der Waals surface area contributed by atoms with Gasteiger partial charge >= 0.3 is 0 Å². The number of rotatable bonds is 6. The van der Waals surface area contributed by atoms with Gasteiger partial charge in [0, 0.05) is 13.1 Å². The first-order chi connectivity index (χ1) is 8.61. The van der Waals surface area contributed by atoms with Gasteiger partial charge in [-0.25, -0.2) is 4.68 Å². The first-order valence-electron chi connectivity index (χ1n) is 6.26. The summed E-state index contributed by atoms with van der Waals surface area (Å²) in [6, 6.07) is 2.13. The van der Waals surface area contributed by atoms with E-state index in [0.717, 1.165) is 19.0 Å². The zero-order chi connectivity index (χ0) is 13.1. The molecule has 18 heavy (non-hydrogen) atoms. The second-order valence-electron chi connectivity index (χ2n) is 5.07. The van der Waals surface area contributed by atoms with Crippen molar-refractivity contribution < 1.29 is 0 Å². The second-order valence-corrected chi connectivity index (χ2v) is 5.07. The maximum Gasteiger partial charge on any atom is 0.168 e. The van der Waals surface area contributed by atoms with Crippen LogP contribution in [0.5, 0.6) is 0 Å². The van der Waals surface area contributed by atoms with E-state index in [-0.39, 0.29) is 0 Å². The van der Waals surface area contributed by atoms with Crippen LogP contribution in [0.15, 0.2) is 0 Å². The van der Waals surface area contributed by atoms with Crippen LogP contribution in [-0.4, -0.2) is 41.9 Å². The molecule has 0 radical (unpaired) electrons. The topological polar surface area (TPSA) is 82.9 Å². The summed E-state index contributed by atoms with van der Waals surface area (Å²) in [5, 5.41) is 16.7. The summed E-state index contributed by atoms with van der Waals surface area (Å²) in [5.41, 5.74) is 6.41. The molecular formula is C12H20N6. The largest absolute Gasteiger partial charge is 0.383 e. The Morgan fingerprint density at radius 2 is 2.28 bits per heavy atom. The van der Waals surface area contributed by atoms with Gasteiger partial charge in [0.15, 0.2) is 5.82 Å². The fourth-order valence-electron chi connectivity index (χ4n) is 1.74. The number of hydrogen-bond acceptors (Lipinski definition) is 5. The fraction of sp³-hybridized carbons (Fsp3) is 0.667. The zero-order valence-electron chi connectivity index (χ0n) is 11.0. The van der Waals surface area contributed by atoms with Crippen LogP contribution < -0.4 is 11.1 Å². The van der Waals surface area contributed by atoms with Gasteiger partial charge in [0.2, 0.25) is 0 Å². The Morgan fingerprint density at radius 3 is 2.83 bits per heavy atom. The normalized spacial score (nSPS) is 14.8. The summed E-state index contributed by atoms with van der Waals surface area (Å²) in [6.45, 7) is 2.43. The number of nitrogens with zero attached hydrogens (tertiary/aromatic N) is 4. The number of anilines is 2. The summed E-state index contributed by atoms with van der Waals surface area (Å²) in [4.78, 5) is 2.06. The van der Waals surface area contributed by atoms with Crippen molar-refractivity contribution in [3.63, 3.8) is 0 Å². The molecule has 0 amide bonds. The van der Waals surface area contributed by atoms with E-state index in [4.69, 9.17) is 11.0 Å². The van der Waals surface area contributed by atoms with Gasteiger partial charge in [0.1, 0.15) is 17.5 Å². The quantitative estimate of drug-likeness (QED) is 0.775. The van der Waals surface area contributed by atoms with Gasteiger partial charge in [-0.05, 0) is 32.9 Å². The van der Waals surface area contributed by atoms with Crippen molar-refractivity contribution in [2.24, 2.45) is 5.92 Å². The van der Waals surface area contributed by atoms with Gasteiger partial charge in [0.05, 0.1) is 6.54 Å². The first kappa shape index (κ1) is 12.7. The van der Waals surface area contributed by atoms with Crippen LogP contribution in [0.2, 0.25) is 0 Å². The van der Waals surface area contributed by atoms with Gasteiger partial charge in [-0.1, -0.05) is 0 Å². The molecule has 98 valence electrons. The molecule has 3 N–H and O–H groups in total. The number of aromatic nitrogens is 2. The highest BCUT2D eigenvalue weighted by Gasteiger charge is 2.22. The lowest BCUT2D eigenvalue weighted by Crippen LogP contribution is -2.20. The number of nitrogens with one attached hydrogen (secondary N) is 1. The van der Waals surface area contributed by atoms with Gasteiger partial charge < -0.3 is 16.0 Å². The van der Waals surface area contributed by atoms with Crippen LogP contribution >= 0.6 is 0 Å². The van der Waals surface area contributed by atoms with E-state index < -0.39 is 0 Å². The third-order valence-corrected chi connectivity index (χ3v) is 3.12. The highest BCUT2D eigenvalue weighted by atomic mass is 15.4. The van der Waals surface area contributed by atoms with Crippen molar-refractivity contribution in [1.82, 2.24) is 14.7 Å². The van der Waals surface area contributed by atoms with Crippen LogP contribution in [0, 0.1) is 17.2 Å². The minimum Gasteiger partial charge on any atom is -0.383 e. The van der Waals surface area contributed by atoms with Crippen molar-refractivity contribution in [2.45, 2.75) is 19.4 Å². The van der Waals surface area contributed by atoms with Crippen LogP contribution in [0.3, 0.4) is 0 Å². The number of likely N-dealkylation sites (N-methyl/N-ethyl adjacent to an activating group) is 1.